The van der Waals surface area contributed by atoms with Crippen molar-refractivity contribution in [3.63, 3.8) is 0 Å². The van der Waals surface area contributed by atoms with Crippen molar-refractivity contribution in [3.8, 4) is 23.0 Å². The molecule has 4 heteroatoms. The summed E-state index contributed by atoms with van der Waals surface area (Å²) in [4.78, 5) is 0. The highest BCUT2D eigenvalue weighted by Gasteiger charge is 2.27. The van der Waals surface area contributed by atoms with Gasteiger partial charge in [0.05, 0.1) is 18.3 Å². The second kappa shape index (κ2) is 11.9. The summed E-state index contributed by atoms with van der Waals surface area (Å²) in [7, 11) is 0. The topological polar surface area (TPSA) is 47.9 Å². The summed E-state index contributed by atoms with van der Waals surface area (Å²) in [5.41, 5.74) is 0. The van der Waals surface area contributed by atoms with Crippen LogP contribution in [0.15, 0.2) is 12.1 Å². The van der Waals surface area contributed by atoms with Gasteiger partial charge in [-0.05, 0) is 89.2 Å². The van der Waals surface area contributed by atoms with Crippen LogP contribution in [-0.2, 0) is 0 Å². The summed E-state index contributed by atoms with van der Waals surface area (Å²) in [5.74, 6) is 2.11. The SMILES string of the molecule is Oc1ccc(OC2CCCCCC2)c(OC2CCCCCC2)c1OC1CCCCCC1. The van der Waals surface area contributed by atoms with E-state index in [-0.39, 0.29) is 24.1 Å². The number of rotatable bonds is 6. The minimum Gasteiger partial charge on any atom is -0.504 e. The molecule has 0 aliphatic heterocycles. The highest BCUT2D eigenvalue weighted by molar-refractivity contribution is 5.58. The lowest BCUT2D eigenvalue weighted by Gasteiger charge is -2.26. The van der Waals surface area contributed by atoms with E-state index < -0.39 is 0 Å². The zero-order valence-electron chi connectivity index (χ0n) is 19.3. The Hall–Kier alpha value is -1.58. The van der Waals surface area contributed by atoms with Gasteiger partial charge in [-0.1, -0.05) is 38.5 Å². The predicted molar refractivity (Wildman–Crippen MR) is 124 cm³/mol. The monoisotopic (exact) mass is 430 g/mol. The molecular weight excluding hydrogens is 388 g/mol. The lowest BCUT2D eigenvalue weighted by molar-refractivity contribution is 0.125. The number of hydrogen-bond donors (Lipinski definition) is 1. The van der Waals surface area contributed by atoms with Crippen LogP contribution in [0.25, 0.3) is 0 Å². The standard InChI is InChI=1S/C27H42O4/c28-24-19-20-25(29-21-13-7-1-2-8-14-21)27(31-23-17-11-5-6-12-18-23)26(24)30-22-15-9-3-4-10-16-22/h19-23,28H,1-18H2. The number of aromatic hydroxyl groups is 1. The summed E-state index contributed by atoms with van der Waals surface area (Å²) in [5, 5.41) is 10.8. The predicted octanol–water partition coefficient (Wildman–Crippen LogP) is 7.70. The first kappa shape index (κ1) is 22.6. The molecule has 1 aromatic carbocycles. The molecule has 0 unspecified atom stereocenters. The maximum atomic E-state index is 10.8. The number of ether oxygens (including phenoxy) is 3. The maximum absolute atomic E-state index is 10.8. The minimum atomic E-state index is 0.151. The van der Waals surface area contributed by atoms with Gasteiger partial charge in [0, 0.05) is 0 Å². The molecule has 4 nitrogen and oxygen atoms in total. The lowest BCUT2D eigenvalue weighted by atomic mass is 10.1. The maximum Gasteiger partial charge on any atom is 0.207 e. The largest absolute Gasteiger partial charge is 0.504 e. The van der Waals surface area contributed by atoms with Crippen molar-refractivity contribution >= 4 is 0 Å². The van der Waals surface area contributed by atoms with Gasteiger partial charge in [-0.2, -0.15) is 0 Å². The van der Waals surface area contributed by atoms with Gasteiger partial charge in [0.2, 0.25) is 11.5 Å². The summed E-state index contributed by atoms with van der Waals surface area (Å²) < 4.78 is 19.6. The number of hydrogen-bond acceptors (Lipinski definition) is 4. The number of phenols is 1. The molecule has 3 aliphatic carbocycles. The molecule has 31 heavy (non-hydrogen) atoms. The quantitative estimate of drug-likeness (QED) is 0.470. The molecule has 3 fully saturated rings. The number of phenolic OH excluding ortho intramolecular Hbond substituents is 1. The molecule has 3 saturated carbocycles. The Bertz CT molecular complexity index is 649. The van der Waals surface area contributed by atoms with Crippen LogP contribution in [0.5, 0.6) is 23.0 Å². The summed E-state index contributed by atoms with van der Waals surface area (Å²) in [6.45, 7) is 0. The Morgan fingerprint density at radius 1 is 0.484 bits per heavy atom. The van der Waals surface area contributed by atoms with Crippen LogP contribution >= 0.6 is 0 Å². The Labute approximate surface area is 188 Å². The van der Waals surface area contributed by atoms with E-state index in [9.17, 15) is 5.11 Å². The fourth-order valence-electron chi connectivity index (χ4n) is 5.44. The van der Waals surface area contributed by atoms with Crippen molar-refractivity contribution in [1.82, 2.24) is 0 Å². The van der Waals surface area contributed by atoms with Crippen molar-refractivity contribution in [2.24, 2.45) is 0 Å². The van der Waals surface area contributed by atoms with Crippen molar-refractivity contribution in [2.75, 3.05) is 0 Å². The Balaban J connectivity index is 1.58. The normalized spacial score (nSPS) is 22.8. The van der Waals surface area contributed by atoms with Gasteiger partial charge in [0.15, 0.2) is 11.5 Å². The molecule has 3 aliphatic rings. The van der Waals surface area contributed by atoms with E-state index in [0.717, 1.165) is 44.3 Å². The third-order valence-electron chi connectivity index (χ3n) is 7.32. The van der Waals surface area contributed by atoms with Crippen LogP contribution in [-0.4, -0.2) is 23.4 Å². The van der Waals surface area contributed by atoms with E-state index >= 15 is 0 Å². The first-order valence-electron chi connectivity index (χ1n) is 13.2. The van der Waals surface area contributed by atoms with Crippen LogP contribution in [0, 0.1) is 0 Å². The van der Waals surface area contributed by atoms with Gasteiger partial charge in [0.25, 0.3) is 0 Å². The van der Waals surface area contributed by atoms with E-state index in [1.54, 1.807) is 6.07 Å². The third-order valence-corrected chi connectivity index (χ3v) is 7.32. The van der Waals surface area contributed by atoms with E-state index in [1.165, 1.54) is 77.0 Å². The Morgan fingerprint density at radius 3 is 1.32 bits per heavy atom. The van der Waals surface area contributed by atoms with Crippen molar-refractivity contribution < 1.29 is 19.3 Å². The molecule has 0 saturated heterocycles. The van der Waals surface area contributed by atoms with Crippen LogP contribution in [0.4, 0.5) is 0 Å². The van der Waals surface area contributed by atoms with Gasteiger partial charge >= 0.3 is 0 Å². The average molecular weight is 431 g/mol. The van der Waals surface area contributed by atoms with Crippen LogP contribution in [0.2, 0.25) is 0 Å². The van der Waals surface area contributed by atoms with Crippen LogP contribution < -0.4 is 14.2 Å². The fourth-order valence-corrected chi connectivity index (χ4v) is 5.44. The van der Waals surface area contributed by atoms with Gasteiger partial charge in [-0.3, -0.25) is 0 Å². The summed E-state index contributed by atoms with van der Waals surface area (Å²) >= 11 is 0. The molecule has 0 aromatic heterocycles. The van der Waals surface area contributed by atoms with Gasteiger partial charge in [-0.15, -0.1) is 0 Å². The van der Waals surface area contributed by atoms with E-state index in [1.807, 2.05) is 6.07 Å². The highest BCUT2D eigenvalue weighted by atomic mass is 16.6. The summed E-state index contributed by atoms with van der Waals surface area (Å²) in [6, 6.07) is 3.63. The Morgan fingerprint density at radius 2 is 0.871 bits per heavy atom. The van der Waals surface area contributed by atoms with Crippen LogP contribution in [0.1, 0.15) is 116 Å². The smallest absolute Gasteiger partial charge is 0.207 e. The second-order valence-corrected chi connectivity index (χ2v) is 9.94. The molecule has 0 amide bonds. The number of benzene rings is 1. The van der Waals surface area contributed by atoms with E-state index in [4.69, 9.17) is 14.2 Å². The highest BCUT2D eigenvalue weighted by Crippen LogP contribution is 2.47. The molecule has 174 valence electrons. The second-order valence-electron chi connectivity index (χ2n) is 9.94. The third kappa shape index (κ3) is 6.70. The first-order chi connectivity index (χ1) is 15.3. The molecular formula is C27H42O4. The average Bonchev–Trinajstić information content (AvgIpc) is 3.29. The molecule has 1 aromatic rings. The van der Waals surface area contributed by atoms with Crippen molar-refractivity contribution in [3.05, 3.63) is 12.1 Å². The Kier molecular flexibility index (Phi) is 8.66. The van der Waals surface area contributed by atoms with Gasteiger partial charge < -0.3 is 19.3 Å². The van der Waals surface area contributed by atoms with E-state index in [2.05, 4.69) is 0 Å². The molecule has 0 atom stereocenters. The van der Waals surface area contributed by atoms with Gasteiger partial charge in [-0.25, -0.2) is 0 Å². The molecule has 1 N–H and O–H groups in total. The zero-order valence-corrected chi connectivity index (χ0v) is 19.3. The summed E-state index contributed by atoms with van der Waals surface area (Å²) in [6.07, 6.45) is 22.0. The van der Waals surface area contributed by atoms with Crippen molar-refractivity contribution in [1.29, 1.82) is 0 Å². The molecule has 4 rings (SSSR count). The molecule has 0 heterocycles. The molecule has 0 spiro atoms. The van der Waals surface area contributed by atoms with Crippen LogP contribution in [0.3, 0.4) is 0 Å². The first-order valence-corrected chi connectivity index (χ1v) is 13.2. The molecule has 0 bridgehead atoms. The molecule has 0 radical (unpaired) electrons. The van der Waals surface area contributed by atoms with Gasteiger partial charge in [0.1, 0.15) is 0 Å². The minimum absolute atomic E-state index is 0.151. The fraction of sp³-hybridized carbons (Fsp3) is 0.778. The zero-order chi connectivity index (χ0) is 21.3. The lowest BCUT2D eigenvalue weighted by Crippen LogP contribution is -2.21. The van der Waals surface area contributed by atoms with Crippen molar-refractivity contribution in [2.45, 2.75) is 134 Å². The van der Waals surface area contributed by atoms with E-state index in [0.29, 0.717) is 11.5 Å².